The van der Waals surface area contributed by atoms with Crippen LogP contribution in [-0.2, 0) is 6.54 Å². The zero-order valence-electron chi connectivity index (χ0n) is 9.02. The predicted octanol–water partition coefficient (Wildman–Crippen LogP) is 1.83. The molecule has 1 aromatic carbocycles. The van der Waals surface area contributed by atoms with E-state index in [9.17, 15) is 0 Å². The van der Waals surface area contributed by atoms with Gasteiger partial charge < -0.3 is 5.32 Å². The highest BCUT2D eigenvalue weighted by Crippen LogP contribution is 2.30. The molecule has 2 heteroatoms. The van der Waals surface area contributed by atoms with E-state index in [-0.39, 0.29) is 0 Å². The van der Waals surface area contributed by atoms with E-state index in [1.807, 2.05) is 0 Å². The molecule has 80 valence electrons. The Kier molecular flexibility index (Phi) is 2.47. The topological polar surface area (TPSA) is 15.3 Å². The summed E-state index contributed by atoms with van der Waals surface area (Å²) in [6.45, 7) is 3.58. The summed E-state index contributed by atoms with van der Waals surface area (Å²) in [5.74, 6) is 0.911. The van der Waals surface area contributed by atoms with Crippen molar-refractivity contribution in [2.24, 2.45) is 5.92 Å². The van der Waals surface area contributed by atoms with Crippen molar-refractivity contribution in [3.63, 3.8) is 0 Å². The van der Waals surface area contributed by atoms with Gasteiger partial charge in [-0.25, -0.2) is 0 Å². The smallest absolute Gasteiger partial charge is 0.0630 e. The molecule has 0 aliphatic carbocycles. The predicted molar refractivity (Wildman–Crippen MR) is 61.4 cm³/mol. The van der Waals surface area contributed by atoms with Gasteiger partial charge in [-0.05, 0) is 30.9 Å². The van der Waals surface area contributed by atoms with Crippen molar-refractivity contribution in [3.8, 4) is 0 Å². The number of likely N-dealkylation sites (tertiary alicyclic amines) is 1. The minimum Gasteiger partial charge on any atom is -0.301 e. The lowest BCUT2D eigenvalue weighted by molar-refractivity contribution is 0.213. The molecule has 2 fully saturated rings. The van der Waals surface area contributed by atoms with Crippen molar-refractivity contribution < 1.29 is 0 Å². The molecule has 3 rings (SSSR count). The van der Waals surface area contributed by atoms with Crippen molar-refractivity contribution in [3.05, 3.63) is 35.9 Å². The van der Waals surface area contributed by atoms with Crippen LogP contribution in [0.25, 0.3) is 0 Å². The molecule has 2 saturated heterocycles. The number of hydrogen-bond donors (Lipinski definition) is 1. The number of nitrogens with one attached hydrogen (secondary N) is 1. The van der Waals surface area contributed by atoms with Gasteiger partial charge >= 0.3 is 0 Å². The summed E-state index contributed by atoms with van der Waals surface area (Å²) in [6.07, 6.45) is 3.41. The maximum absolute atomic E-state index is 3.61. The lowest BCUT2D eigenvalue weighted by Crippen LogP contribution is -2.39. The van der Waals surface area contributed by atoms with E-state index >= 15 is 0 Å². The van der Waals surface area contributed by atoms with Crippen LogP contribution >= 0.6 is 0 Å². The van der Waals surface area contributed by atoms with Gasteiger partial charge in [-0.15, -0.1) is 0 Å². The van der Waals surface area contributed by atoms with Gasteiger partial charge in [0.15, 0.2) is 0 Å². The van der Waals surface area contributed by atoms with Crippen LogP contribution in [-0.4, -0.2) is 24.2 Å². The third kappa shape index (κ3) is 1.80. The Labute approximate surface area is 91.3 Å². The van der Waals surface area contributed by atoms with Gasteiger partial charge in [0.1, 0.15) is 0 Å². The third-order valence-electron chi connectivity index (χ3n) is 3.72. The summed E-state index contributed by atoms with van der Waals surface area (Å²) in [4.78, 5) is 2.59. The number of nitrogens with zero attached hydrogens (tertiary/aromatic N) is 1. The van der Waals surface area contributed by atoms with Crippen LogP contribution in [0.1, 0.15) is 18.4 Å². The third-order valence-corrected chi connectivity index (χ3v) is 3.72. The maximum atomic E-state index is 3.61. The molecular weight excluding hydrogens is 184 g/mol. The SMILES string of the molecule is c1ccc(CN2CC[C@H]3CCN[C@H]32)cc1. The van der Waals surface area contributed by atoms with E-state index in [4.69, 9.17) is 0 Å². The molecule has 2 aliphatic rings. The highest BCUT2D eigenvalue weighted by Gasteiger charge is 2.36. The van der Waals surface area contributed by atoms with E-state index in [0.29, 0.717) is 6.17 Å². The number of fused-ring (bicyclic) bond motifs is 1. The molecule has 0 radical (unpaired) electrons. The normalized spacial score (nSPS) is 30.7. The molecule has 0 unspecified atom stereocenters. The average Bonchev–Trinajstić information content (AvgIpc) is 2.85. The van der Waals surface area contributed by atoms with Crippen LogP contribution < -0.4 is 5.32 Å². The molecule has 1 N–H and O–H groups in total. The zero-order chi connectivity index (χ0) is 10.1. The fourth-order valence-electron chi connectivity index (χ4n) is 2.94. The fourth-order valence-corrected chi connectivity index (χ4v) is 2.94. The van der Waals surface area contributed by atoms with Gasteiger partial charge in [0.25, 0.3) is 0 Å². The first-order chi connectivity index (χ1) is 7.43. The molecule has 2 aliphatic heterocycles. The molecule has 0 saturated carbocycles. The Morgan fingerprint density at radius 3 is 2.93 bits per heavy atom. The summed E-state index contributed by atoms with van der Waals surface area (Å²) < 4.78 is 0. The van der Waals surface area contributed by atoms with Crippen molar-refractivity contribution in [1.82, 2.24) is 10.2 Å². The Bertz CT molecular complexity index is 323. The summed E-state index contributed by atoms with van der Waals surface area (Å²) in [6, 6.07) is 10.8. The van der Waals surface area contributed by atoms with Crippen LogP contribution in [0.5, 0.6) is 0 Å². The Morgan fingerprint density at radius 2 is 2.07 bits per heavy atom. The second kappa shape index (κ2) is 3.95. The highest BCUT2D eigenvalue weighted by molar-refractivity contribution is 5.15. The van der Waals surface area contributed by atoms with E-state index in [1.54, 1.807) is 0 Å². The fraction of sp³-hybridized carbons (Fsp3) is 0.538. The molecule has 15 heavy (non-hydrogen) atoms. The molecule has 0 amide bonds. The monoisotopic (exact) mass is 202 g/mol. The van der Waals surface area contributed by atoms with Gasteiger partial charge in [-0.1, -0.05) is 30.3 Å². The van der Waals surface area contributed by atoms with E-state index < -0.39 is 0 Å². The first kappa shape index (κ1) is 9.37. The van der Waals surface area contributed by atoms with Crippen LogP contribution in [0.15, 0.2) is 30.3 Å². The average molecular weight is 202 g/mol. The van der Waals surface area contributed by atoms with E-state index in [1.165, 1.54) is 31.5 Å². The molecule has 2 nitrogen and oxygen atoms in total. The van der Waals surface area contributed by atoms with Gasteiger partial charge in [-0.3, -0.25) is 4.90 Å². The van der Waals surface area contributed by atoms with Crippen LogP contribution in [0.4, 0.5) is 0 Å². The first-order valence-electron chi connectivity index (χ1n) is 5.95. The first-order valence-corrected chi connectivity index (χ1v) is 5.95. The Morgan fingerprint density at radius 1 is 1.20 bits per heavy atom. The highest BCUT2D eigenvalue weighted by atomic mass is 15.3. The molecule has 2 heterocycles. The summed E-state index contributed by atoms with van der Waals surface area (Å²) in [5.41, 5.74) is 1.44. The minimum atomic E-state index is 0.658. The lowest BCUT2D eigenvalue weighted by atomic mass is 10.1. The molecule has 0 spiro atoms. The molecule has 2 atom stereocenters. The van der Waals surface area contributed by atoms with Crippen molar-refractivity contribution in [2.75, 3.05) is 13.1 Å². The standard InChI is InChI=1S/C13H18N2/c1-2-4-11(5-3-1)10-15-9-7-12-6-8-14-13(12)15/h1-5,12-14H,6-10H2/t12-,13+/m1/s1. The summed E-state index contributed by atoms with van der Waals surface area (Å²) >= 11 is 0. The maximum Gasteiger partial charge on any atom is 0.0630 e. The number of rotatable bonds is 2. The molecule has 1 aromatic rings. The molecule has 0 aromatic heterocycles. The van der Waals surface area contributed by atoms with Crippen molar-refractivity contribution in [1.29, 1.82) is 0 Å². The minimum absolute atomic E-state index is 0.658. The van der Waals surface area contributed by atoms with E-state index in [2.05, 4.69) is 40.5 Å². The molecular formula is C13H18N2. The zero-order valence-corrected chi connectivity index (χ0v) is 9.02. The van der Waals surface area contributed by atoms with Gasteiger partial charge in [0.2, 0.25) is 0 Å². The Hall–Kier alpha value is -0.860. The van der Waals surface area contributed by atoms with Crippen LogP contribution in [0.3, 0.4) is 0 Å². The van der Waals surface area contributed by atoms with Crippen molar-refractivity contribution >= 4 is 0 Å². The Balaban J connectivity index is 1.69. The van der Waals surface area contributed by atoms with Gasteiger partial charge in [-0.2, -0.15) is 0 Å². The molecule has 0 bridgehead atoms. The van der Waals surface area contributed by atoms with Crippen molar-refractivity contribution in [2.45, 2.75) is 25.6 Å². The number of benzene rings is 1. The number of hydrogen-bond acceptors (Lipinski definition) is 2. The quantitative estimate of drug-likeness (QED) is 0.787. The second-order valence-corrected chi connectivity index (χ2v) is 4.69. The van der Waals surface area contributed by atoms with Gasteiger partial charge in [0.05, 0.1) is 6.17 Å². The summed E-state index contributed by atoms with van der Waals surface area (Å²) in [5, 5.41) is 3.61. The van der Waals surface area contributed by atoms with Crippen LogP contribution in [0, 0.1) is 5.92 Å². The van der Waals surface area contributed by atoms with E-state index in [0.717, 1.165) is 12.5 Å². The van der Waals surface area contributed by atoms with Crippen LogP contribution in [0.2, 0.25) is 0 Å². The second-order valence-electron chi connectivity index (χ2n) is 4.69. The summed E-state index contributed by atoms with van der Waals surface area (Å²) in [7, 11) is 0. The largest absolute Gasteiger partial charge is 0.301 e. The lowest BCUT2D eigenvalue weighted by Gasteiger charge is -2.23. The van der Waals surface area contributed by atoms with Gasteiger partial charge in [0, 0.05) is 13.1 Å².